The molecule has 2 N–H and O–H groups in total. The Labute approximate surface area is 146 Å². The van der Waals surface area contributed by atoms with Gasteiger partial charge in [-0.1, -0.05) is 20.8 Å². The van der Waals surface area contributed by atoms with Crippen LogP contribution in [0.3, 0.4) is 0 Å². The summed E-state index contributed by atoms with van der Waals surface area (Å²) in [6, 6.07) is 0.459. The maximum Gasteiger partial charge on any atom is 0.234 e. The van der Waals surface area contributed by atoms with Gasteiger partial charge in [-0.05, 0) is 42.9 Å². The normalized spacial score (nSPS) is 25.0. The molecule has 1 aliphatic heterocycles. The summed E-state index contributed by atoms with van der Waals surface area (Å²) in [5.74, 6) is 1.73. The van der Waals surface area contributed by atoms with Gasteiger partial charge in [-0.15, -0.1) is 0 Å². The van der Waals surface area contributed by atoms with E-state index in [4.69, 9.17) is 0 Å². The topological polar surface area (TPSA) is 55.8 Å². The molecule has 1 amide bonds. The first kappa shape index (κ1) is 18.2. The highest BCUT2D eigenvalue weighted by atomic mass is 16.3. The van der Waals surface area contributed by atoms with Gasteiger partial charge in [0.15, 0.2) is 0 Å². The molecule has 1 atom stereocenters. The second-order valence-electron chi connectivity index (χ2n) is 9.23. The number of nitrogens with one attached hydrogen (secondary N) is 1. The number of rotatable bonds is 7. The van der Waals surface area contributed by atoms with Gasteiger partial charge in [0.1, 0.15) is 0 Å². The smallest absolute Gasteiger partial charge is 0.234 e. The van der Waals surface area contributed by atoms with Gasteiger partial charge in [-0.2, -0.15) is 0 Å². The Bertz CT molecular complexity index is 420. The molecule has 0 radical (unpaired) electrons. The summed E-state index contributed by atoms with van der Waals surface area (Å²) in [7, 11) is 0. The fourth-order valence-corrected chi connectivity index (χ4v) is 3.61. The molecular weight excluding hydrogens is 302 g/mol. The second kappa shape index (κ2) is 7.30. The van der Waals surface area contributed by atoms with Crippen molar-refractivity contribution < 1.29 is 9.90 Å². The fraction of sp³-hybridized carbons (Fsp3) is 0.947. The zero-order valence-corrected chi connectivity index (χ0v) is 15.6. The first-order valence-corrected chi connectivity index (χ1v) is 9.75. The van der Waals surface area contributed by atoms with Crippen LogP contribution in [0.2, 0.25) is 0 Å². The van der Waals surface area contributed by atoms with Crippen LogP contribution in [0, 0.1) is 17.3 Å². The molecule has 138 valence electrons. The van der Waals surface area contributed by atoms with Crippen molar-refractivity contribution in [3.8, 4) is 0 Å². The highest BCUT2D eigenvalue weighted by molar-refractivity contribution is 5.78. The SMILES string of the molecule is CC(C)(C)[C@@H](O)CN1CCN(CC(=O)NC(C2CC2)C2CC2)CC1. The van der Waals surface area contributed by atoms with Crippen LogP contribution < -0.4 is 5.32 Å². The second-order valence-corrected chi connectivity index (χ2v) is 9.23. The van der Waals surface area contributed by atoms with E-state index in [9.17, 15) is 9.90 Å². The molecule has 5 nitrogen and oxygen atoms in total. The molecule has 0 aromatic rings. The van der Waals surface area contributed by atoms with Crippen molar-refractivity contribution in [2.45, 2.75) is 58.6 Å². The number of amides is 1. The lowest BCUT2D eigenvalue weighted by molar-refractivity contribution is -0.123. The minimum absolute atomic E-state index is 0.0718. The summed E-state index contributed by atoms with van der Waals surface area (Å²) in [5, 5.41) is 13.6. The number of carbonyl (C=O) groups is 1. The molecule has 2 aliphatic carbocycles. The minimum Gasteiger partial charge on any atom is -0.391 e. The average molecular weight is 338 g/mol. The van der Waals surface area contributed by atoms with Gasteiger partial charge in [0, 0.05) is 38.8 Å². The first-order chi connectivity index (χ1) is 11.3. The van der Waals surface area contributed by atoms with E-state index in [2.05, 4.69) is 35.9 Å². The number of hydrogen-bond donors (Lipinski definition) is 2. The highest BCUT2D eigenvalue weighted by Crippen LogP contribution is 2.44. The molecule has 0 aromatic carbocycles. The first-order valence-electron chi connectivity index (χ1n) is 9.75. The van der Waals surface area contributed by atoms with Gasteiger partial charge in [-0.3, -0.25) is 14.6 Å². The maximum atomic E-state index is 12.4. The standard InChI is InChI=1S/C19H35N3O2/c1-19(2,3)16(23)12-21-8-10-22(11-9-21)13-17(24)20-18(14-4-5-14)15-6-7-15/h14-16,18,23H,4-13H2,1-3H3,(H,20,24)/t16-/m0/s1. The third-order valence-electron chi connectivity index (χ3n) is 5.85. The highest BCUT2D eigenvalue weighted by Gasteiger charge is 2.42. The van der Waals surface area contributed by atoms with Gasteiger partial charge in [0.05, 0.1) is 12.6 Å². The lowest BCUT2D eigenvalue weighted by atomic mass is 9.89. The monoisotopic (exact) mass is 337 g/mol. The van der Waals surface area contributed by atoms with Gasteiger partial charge in [-0.25, -0.2) is 0 Å². The summed E-state index contributed by atoms with van der Waals surface area (Å²) in [5.41, 5.74) is -0.0718. The summed E-state index contributed by atoms with van der Waals surface area (Å²) in [6.45, 7) is 11.2. The van der Waals surface area contributed by atoms with E-state index in [0.717, 1.165) is 44.6 Å². The van der Waals surface area contributed by atoms with Crippen molar-refractivity contribution in [2.24, 2.45) is 17.3 Å². The molecule has 5 heteroatoms. The van der Waals surface area contributed by atoms with Crippen LogP contribution in [0.4, 0.5) is 0 Å². The number of hydrogen-bond acceptors (Lipinski definition) is 4. The molecule has 0 spiro atoms. The van der Waals surface area contributed by atoms with Crippen molar-refractivity contribution in [1.82, 2.24) is 15.1 Å². The van der Waals surface area contributed by atoms with Crippen molar-refractivity contribution in [3.63, 3.8) is 0 Å². The van der Waals surface area contributed by atoms with E-state index in [1.165, 1.54) is 25.7 Å². The molecular formula is C19H35N3O2. The number of β-amino-alcohol motifs (C(OH)–C–C–N with tert-alkyl or cyclic N) is 1. The van der Waals surface area contributed by atoms with Crippen LogP contribution in [-0.4, -0.2) is 72.2 Å². The Morgan fingerprint density at radius 2 is 1.54 bits per heavy atom. The van der Waals surface area contributed by atoms with Crippen molar-refractivity contribution in [3.05, 3.63) is 0 Å². The quantitative estimate of drug-likeness (QED) is 0.736. The number of piperazine rings is 1. The Morgan fingerprint density at radius 1 is 1.04 bits per heavy atom. The van der Waals surface area contributed by atoms with E-state index in [0.29, 0.717) is 12.6 Å². The van der Waals surface area contributed by atoms with Crippen LogP contribution in [-0.2, 0) is 4.79 Å². The van der Waals surface area contributed by atoms with Gasteiger partial charge in [0.2, 0.25) is 5.91 Å². The number of aliphatic hydroxyl groups excluding tert-OH is 1. The van der Waals surface area contributed by atoms with E-state index < -0.39 is 0 Å². The molecule has 3 fully saturated rings. The molecule has 0 unspecified atom stereocenters. The fourth-order valence-electron chi connectivity index (χ4n) is 3.61. The van der Waals surface area contributed by atoms with Gasteiger partial charge in [0.25, 0.3) is 0 Å². The predicted molar refractivity (Wildman–Crippen MR) is 95.7 cm³/mol. The van der Waals surface area contributed by atoms with Crippen molar-refractivity contribution in [2.75, 3.05) is 39.3 Å². The Morgan fingerprint density at radius 3 is 2.00 bits per heavy atom. The Kier molecular flexibility index (Phi) is 5.52. The van der Waals surface area contributed by atoms with E-state index >= 15 is 0 Å². The van der Waals surface area contributed by atoms with Crippen molar-refractivity contribution in [1.29, 1.82) is 0 Å². The van der Waals surface area contributed by atoms with E-state index in [1.807, 2.05) is 0 Å². The zero-order valence-electron chi connectivity index (χ0n) is 15.6. The lowest BCUT2D eigenvalue weighted by Gasteiger charge is -2.37. The largest absolute Gasteiger partial charge is 0.391 e. The third kappa shape index (κ3) is 5.17. The van der Waals surface area contributed by atoms with Crippen molar-refractivity contribution >= 4 is 5.91 Å². The lowest BCUT2D eigenvalue weighted by Crippen LogP contribution is -2.53. The van der Waals surface area contributed by atoms with Crippen LogP contribution >= 0.6 is 0 Å². The van der Waals surface area contributed by atoms with Crippen LogP contribution in [0.15, 0.2) is 0 Å². The summed E-state index contributed by atoms with van der Waals surface area (Å²) < 4.78 is 0. The summed E-state index contributed by atoms with van der Waals surface area (Å²) >= 11 is 0. The predicted octanol–water partition coefficient (Wildman–Crippen LogP) is 1.32. The Balaban J connectivity index is 1.36. The van der Waals surface area contributed by atoms with E-state index in [1.54, 1.807) is 0 Å². The molecule has 3 aliphatic rings. The number of aliphatic hydroxyl groups is 1. The Hall–Kier alpha value is -0.650. The molecule has 2 saturated carbocycles. The summed E-state index contributed by atoms with van der Waals surface area (Å²) in [6.07, 6.45) is 4.91. The zero-order chi connectivity index (χ0) is 17.3. The number of carbonyl (C=O) groups excluding carboxylic acids is 1. The maximum absolute atomic E-state index is 12.4. The van der Waals surface area contributed by atoms with Crippen LogP contribution in [0.1, 0.15) is 46.5 Å². The molecule has 3 rings (SSSR count). The molecule has 0 bridgehead atoms. The van der Waals surface area contributed by atoms with Crippen LogP contribution in [0.25, 0.3) is 0 Å². The average Bonchev–Trinajstić information content (AvgIpc) is 3.37. The van der Waals surface area contributed by atoms with E-state index in [-0.39, 0.29) is 17.4 Å². The van der Waals surface area contributed by atoms with Crippen LogP contribution in [0.5, 0.6) is 0 Å². The molecule has 1 heterocycles. The van der Waals surface area contributed by atoms with Gasteiger partial charge >= 0.3 is 0 Å². The minimum atomic E-state index is -0.301. The molecule has 0 aromatic heterocycles. The van der Waals surface area contributed by atoms with Gasteiger partial charge < -0.3 is 10.4 Å². The molecule has 24 heavy (non-hydrogen) atoms. The number of nitrogens with zero attached hydrogens (tertiary/aromatic N) is 2. The summed E-state index contributed by atoms with van der Waals surface area (Å²) in [4.78, 5) is 16.9. The third-order valence-corrected chi connectivity index (χ3v) is 5.85. The molecule has 1 saturated heterocycles.